The maximum absolute atomic E-state index is 10.7. The molecule has 0 amide bonds. The third kappa shape index (κ3) is 7.81. The van der Waals surface area contributed by atoms with Gasteiger partial charge in [-0.05, 0) is 37.1 Å². The van der Waals surface area contributed by atoms with Crippen molar-refractivity contribution < 1.29 is 13.2 Å². The highest BCUT2D eigenvalue weighted by molar-refractivity contribution is 7.89. The lowest BCUT2D eigenvalue weighted by Crippen LogP contribution is -2.22. The molecule has 0 aliphatic rings. The van der Waals surface area contributed by atoms with E-state index in [4.69, 9.17) is 9.88 Å². The van der Waals surface area contributed by atoms with E-state index in [0.29, 0.717) is 26.1 Å². The zero-order chi connectivity index (χ0) is 14.1. The summed E-state index contributed by atoms with van der Waals surface area (Å²) in [4.78, 5) is 0. The second kappa shape index (κ2) is 8.14. The molecule has 108 valence electrons. The molecule has 1 rings (SSSR count). The molecule has 0 saturated carbocycles. The van der Waals surface area contributed by atoms with Gasteiger partial charge in [0.1, 0.15) is 5.75 Å². The summed E-state index contributed by atoms with van der Waals surface area (Å²) in [5.41, 5.74) is 1.12. The van der Waals surface area contributed by atoms with Gasteiger partial charge in [0, 0.05) is 6.54 Å². The van der Waals surface area contributed by atoms with Crippen LogP contribution in [0.5, 0.6) is 5.75 Å². The number of benzene rings is 1. The minimum Gasteiger partial charge on any atom is -0.494 e. The van der Waals surface area contributed by atoms with Crippen LogP contribution in [0.15, 0.2) is 24.3 Å². The van der Waals surface area contributed by atoms with Gasteiger partial charge in [0.2, 0.25) is 10.0 Å². The van der Waals surface area contributed by atoms with Crippen molar-refractivity contribution in [3.63, 3.8) is 0 Å². The zero-order valence-electron chi connectivity index (χ0n) is 11.3. The minimum absolute atomic E-state index is 0.0135. The van der Waals surface area contributed by atoms with E-state index in [9.17, 15) is 8.42 Å². The Kier molecular flexibility index (Phi) is 6.83. The van der Waals surface area contributed by atoms with Gasteiger partial charge in [-0.25, -0.2) is 13.6 Å². The highest BCUT2D eigenvalue weighted by Gasteiger charge is 2.01. The number of ether oxygens (including phenoxy) is 1. The first kappa shape index (κ1) is 15.9. The highest BCUT2D eigenvalue weighted by atomic mass is 32.2. The Balaban J connectivity index is 2.29. The molecule has 19 heavy (non-hydrogen) atoms. The van der Waals surface area contributed by atoms with E-state index < -0.39 is 10.0 Å². The van der Waals surface area contributed by atoms with Crippen LogP contribution in [0.25, 0.3) is 0 Å². The number of sulfonamides is 1. The summed E-state index contributed by atoms with van der Waals surface area (Å²) in [7, 11) is -3.35. The van der Waals surface area contributed by atoms with Gasteiger partial charge < -0.3 is 10.1 Å². The monoisotopic (exact) mass is 286 g/mol. The second-order valence-electron chi connectivity index (χ2n) is 4.39. The number of rotatable bonds is 9. The Hall–Kier alpha value is -1.11. The van der Waals surface area contributed by atoms with Gasteiger partial charge >= 0.3 is 0 Å². The van der Waals surface area contributed by atoms with Crippen molar-refractivity contribution in [1.82, 2.24) is 5.32 Å². The number of hydrogen-bond acceptors (Lipinski definition) is 4. The first-order valence-corrected chi connectivity index (χ1v) is 8.16. The van der Waals surface area contributed by atoms with Crippen LogP contribution in [0.2, 0.25) is 0 Å². The van der Waals surface area contributed by atoms with Crippen molar-refractivity contribution in [3.05, 3.63) is 29.8 Å². The predicted molar refractivity (Wildman–Crippen MR) is 76.5 cm³/mol. The van der Waals surface area contributed by atoms with Gasteiger partial charge in [0.15, 0.2) is 0 Å². The number of primary sulfonamides is 1. The van der Waals surface area contributed by atoms with Gasteiger partial charge in [-0.1, -0.05) is 19.1 Å². The Bertz CT molecular complexity index is 475. The molecule has 0 bridgehead atoms. The summed E-state index contributed by atoms with van der Waals surface area (Å²) in [6.45, 7) is 4.09. The van der Waals surface area contributed by atoms with Crippen molar-refractivity contribution in [3.8, 4) is 5.75 Å². The Morgan fingerprint density at radius 1 is 1.37 bits per heavy atom. The highest BCUT2D eigenvalue weighted by Crippen LogP contribution is 2.13. The molecule has 0 radical (unpaired) electrons. The number of nitrogens with two attached hydrogens (primary N) is 1. The zero-order valence-corrected chi connectivity index (χ0v) is 12.1. The molecule has 0 spiro atoms. The third-order valence-electron chi connectivity index (χ3n) is 2.48. The van der Waals surface area contributed by atoms with E-state index in [-0.39, 0.29) is 5.75 Å². The fourth-order valence-electron chi connectivity index (χ4n) is 1.60. The SMILES string of the molecule is CCCOc1cccc(CNCCCS(N)(=O)=O)c1. The predicted octanol–water partition coefficient (Wildman–Crippen LogP) is 1.24. The smallest absolute Gasteiger partial charge is 0.209 e. The molecule has 3 N–H and O–H groups in total. The molecule has 0 atom stereocenters. The van der Waals surface area contributed by atoms with E-state index in [2.05, 4.69) is 12.2 Å². The van der Waals surface area contributed by atoms with Crippen molar-refractivity contribution in [1.29, 1.82) is 0 Å². The van der Waals surface area contributed by atoms with Crippen LogP contribution >= 0.6 is 0 Å². The Morgan fingerprint density at radius 2 is 2.16 bits per heavy atom. The van der Waals surface area contributed by atoms with Gasteiger partial charge in [0.05, 0.1) is 12.4 Å². The van der Waals surface area contributed by atoms with E-state index in [0.717, 1.165) is 17.7 Å². The van der Waals surface area contributed by atoms with E-state index in [1.54, 1.807) is 0 Å². The summed E-state index contributed by atoms with van der Waals surface area (Å²) in [5, 5.41) is 8.11. The average molecular weight is 286 g/mol. The first-order valence-electron chi connectivity index (χ1n) is 6.44. The number of hydrogen-bond donors (Lipinski definition) is 2. The molecular formula is C13H22N2O3S. The topological polar surface area (TPSA) is 81.4 Å². The molecule has 5 nitrogen and oxygen atoms in total. The lowest BCUT2D eigenvalue weighted by molar-refractivity contribution is 0.317. The Labute approximate surface area is 115 Å². The van der Waals surface area contributed by atoms with Gasteiger partial charge in [0.25, 0.3) is 0 Å². The summed E-state index contributed by atoms with van der Waals surface area (Å²) >= 11 is 0. The van der Waals surface area contributed by atoms with Gasteiger partial charge in [-0.3, -0.25) is 0 Å². The maximum Gasteiger partial charge on any atom is 0.209 e. The van der Waals surface area contributed by atoms with Gasteiger partial charge in [-0.15, -0.1) is 0 Å². The molecule has 0 aliphatic carbocycles. The van der Waals surface area contributed by atoms with Crippen molar-refractivity contribution in [2.45, 2.75) is 26.3 Å². The summed E-state index contributed by atoms with van der Waals surface area (Å²) in [6.07, 6.45) is 1.50. The first-order chi connectivity index (χ1) is 9.01. The molecule has 0 saturated heterocycles. The fourth-order valence-corrected chi connectivity index (χ4v) is 2.14. The molecule has 1 aromatic rings. The molecule has 1 aromatic carbocycles. The number of nitrogens with one attached hydrogen (secondary N) is 1. The molecule has 6 heteroatoms. The van der Waals surface area contributed by atoms with Crippen molar-refractivity contribution >= 4 is 10.0 Å². The fraction of sp³-hybridized carbons (Fsp3) is 0.538. The van der Waals surface area contributed by atoms with Crippen LogP contribution in [-0.4, -0.2) is 27.3 Å². The van der Waals surface area contributed by atoms with Crippen molar-refractivity contribution in [2.75, 3.05) is 18.9 Å². The Morgan fingerprint density at radius 3 is 2.84 bits per heavy atom. The van der Waals surface area contributed by atoms with E-state index in [1.165, 1.54) is 0 Å². The maximum atomic E-state index is 10.7. The summed E-state index contributed by atoms with van der Waals surface area (Å²) < 4.78 is 27.0. The van der Waals surface area contributed by atoms with E-state index in [1.807, 2.05) is 24.3 Å². The van der Waals surface area contributed by atoms with Gasteiger partial charge in [-0.2, -0.15) is 0 Å². The lowest BCUT2D eigenvalue weighted by Gasteiger charge is -2.08. The second-order valence-corrected chi connectivity index (χ2v) is 6.13. The average Bonchev–Trinajstić information content (AvgIpc) is 2.35. The molecule has 0 heterocycles. The molecule has 0 aromatic heterocycles. The normalized spacial score (nSPS) is 11.5. The van der Waals surface area contributed by atoms with Crippen LogP contribution in [-0.2, 0) is 16.6 Å². The molecule has 0 aliphatic heterocycles. The largest absolute Gasteiger partial charge is 0.494 e. The molecule has 0 unspecified atom stereocenters. The lowest BCUT2D eigenvalue weighted by atomic mass is 10.2. The quantitative estimate of drug-likeness (QED) is 0.669. The van der Waals surface area contributed by atoms with Crippen LogP contribution in [0.1, 0.15) is 25.3 Å². The van der Waals surface area contributed by atoms with Crippen LogP contribution in [0.4, 0.5) is 0 Å². The summed E-state index contributed by atoms with van der Waals surface area (Å²) in [5.74, 6) is 0.880. The van der Waals surface area contributed by atoms with Crippen LogP contribution in [0, 0.1) is 0 Å². The van der Waals surface area contributed by atoms with Crippen molar-refractivity contribution in [2.24, 2.45) is 5.14 Å². The standard InChI is InChI=1S/C13H22N2O3S/c1-2-8-18-13-6-3-5-12(10-13)11-15-7-4-9-19(14,16)17/h3,5-6,10,15H,2,4,7-9,11H2,1H3,(H2,14,16,17). The van der Waals surface area contributed by atoms with Crippen LogP contribution < -0.4 is 15.2 Å². The molecule has 0 fully saturated rings. The van der Waals surface area contributed by atoms with Crippen LogP contribution in [0.3, 0.4) is 0 Å². The third-order valence-corrected chi connectivity index (χ3v) is 3.34. The van der Waals surface area contributed by atoms with E-state index >= 15 is 0 Å². The summed E-state index contributed by atoms with van der Waals surface area (Å²) in [6, 6.07) is 7.88. The molecular weight excluding hydrogens is 264 g/mol. The minimum atomic E-state index is -3.35.